The van der Waals surface area contributed by atoms with Crippen LogP contribution >= 0.6 is 0 Å². The third kappa shape index (κ3) is 7.97. The van der Waals surface area contributed by atoms with E-state index in [2.05, 4.69) is 27.9 Å². The highest BCUT2D eigenvalue weighted by Crippen LogP contribution is 2.23. The lowest BCUT2D eigenvalue weighted by Crippen LogP contribution is -2.45. The number of anilines is 1. The number of aryl methyl sites for hydroxylation is 1. The van der Waals surface area contributed by atoms with Gasteiger partial charge >= 0.3 is 12.1 Å². The van der Waals surface area contributed by atoms with E-state index in [0.717, 1.165) is 52.9 Å². The van der Waals surface area contributed by atoms with Crippen LogP contribution in [0.3, 0.4) is 0 Å². The van der Waals surface area contributed by atoms with E-state index < -0.39 is 18.1 Å². The molecule has 1 aliphatic heterocycles. The van der Waals surface area contributed by atoms with Gasteiger partial charge in [0.1, 0.15) is 30.8 Å². The second-order valence-electron chi connectivity index (χ2n) is 10.8. The number of carbonyl (C=O) groups excluding carboxylic acids is 2. The number of alkyl carbamates (subject to hydrolysis) is 1. The molecule has 0 saturated carbocycles. The van der Waals surface area contributed by atoms with Gasteiger partial charge < -0.3 is 24.8 Å². The maximum Gasteiger partial charge on any atom is 0.408 e. The lowest BCUT2D eigenvalue weighted by atomic mass is 10.1. The smallest absolute Gasteiger partial charge is 0.408 e. The summed E-state index contributed by atoms with van der Waals surface area (Å²) >= 11 is 0. The first-order valence-electron chi connectivity index (χ1n) is 15.1. The summed E-state index contributed by atoms with van der Waals surface area (Å²) in [7, 11) is 0. The largest absolute Gasteiger partial charge is 0.493 e. The van der Waals surface area contributed by atoms with Crippen molar-refractivity contribution < 1.29 is 23.8 Å². The van der Waals surface area contributed by atoms with Crippen LogP contribution in [0.1, 0.15) is 28.8 Å². The van der Waals surface area contributed by atoms with Crippen molar-refractivity contribution in [3.63, 3.8) is 0 Å². The van der Waals surface area contributed by atoms with Crippen molar-refractivity contribution in [2.45, 2.75) is 45.1 Å². The monoisotopic (exact) mass is 605 g/mol. The highest BCUT2D eigenvalue weighted by Gasteiger charge is 2.25. The molecule has 0 aliphatic carbocycles. The van der Waals surface area contributed by atoms with Crippen LogP contribution in [0.5, 0.6) is 5.75 Å². The standard InChI is InChI=1S/C35H35N5O5/c41-34(44-23-25-8-3-1-4-9-25)31(39-35(42)45-24-26-10-5-2-6-11-26)22-40-32-16-15-30(20-28(32)21-37-40)43-19-17-29-14-13-27-12-7-18-36-33(27)38-29/h1-6,8-11,13-16,20-21,31H,7,12,17-19,22-24H2,(H,36,38)(H,39,42). The molecule has 5 aromatic rings. The molecule has 1 unspecified atom stereocenters. The van der Waals surface area contributed by atoms with Gasteiger partial charge in [0, 0.05) is 24.0 Å². The Labute approximate surface area is 261 Å². The number of benzene rings is 3. The van der Waals surface area contributed by atoms with Gasteiger partial charge in [-0.3, -0.25) is 4.68 Å². The van der Waals surface area contributed by atoms with Crippen molar-refractivity contribution in [2.24, 2.45) is 0 Å². The number of nitrogens with one attached hydrogen (secondary N) is 2. The van der Waals surface area contributed by atoms with Crippen molar-refractivity contribution >= 4 is 28.8 Å². The van der Waals surface area contributed by atoms with E-state index in [4.69, 9.17) is 19.2 Å². The van der Waals surface area contributed by atoms with Crippen LogP contribution in [0.4, 0.5) is 10.6 Å². The Morgan fingerprint density at radius 1 is 0.911 bits per heavy atom. The number of ether oxygens (including phenoxy) is 3. The molecule has 0 bridgehead atoms. The Bertz CT molecular complexity index is 1740. The Kier molecular flexibility index (Phi) is 9.49. The van der Waals surface area contributed by atoms with Gasteiger partial charge in [-0.1, -0.05) is 66.7 Å². The summed E-state index contributed by atoms with van der Waals surface area (Å²) in [5, 5.41) is 11.4. The summed E-state index contributed by atoms with van der Waals surface area (Å²) < 4.78 is 18.6. The molecule has 6 rings (SSSR count). The SMILES string of the molecule is O=C(NC(Cn1ncc2cc(OCCc3ccc4c(n3)NCCC4)ccc21)C(=O)OCc1ccccc1)OCc1ccccc1. The molecule has 10 nitrogen and oxygen atoms in total. The van der Waals surface area contributed by atoms with Gasteiger partial charge in [0.25, 0.3) is 0 Å². The van der Waals surface area contributed by atoms with Crippen molar-refractivity contribution in [3.05, 3.63) is 120 Å². The summed E-state index contributed by atoms with van der Waals surface area (Å²) in [5.74, 6) is 1.10. The molecule has 3 heterocycles. The number of amides is 1. The minimum Gasteiger partial charge on any atom is -0.493 e. The zero-order valence-corrected chi connectivity index (χ0v) is 24.9. The molecule has 0 radical (unpaired) electrons. The average Bonchev–Trinajstić information content (AvgIpc) is 3.48. The molecular weight excluding hydrogens is 570 g/mol. The number of hydrogen-bond donors (Lipinski definition) is 2. The van der Waals surface area contributed by atoms with E-state index in [-0.39, 0.29) is 19.8 Å². The fraction of sp³-hybridized carbons (Fsp3) is 0.257. The first-order valence-corrected chi connectivity index (χ1v) is 15.1. The number of carbonyl (C=O) groups is 2. The van der Waals surface area contributed by atoms with Crippen LogP contribution in [-0.2, 0) is 46.9 Å². The Balaban J connectivity index is 1.09. The lowest BCUT2D eigenvalue weighted by Gasteiger charge is -2.18. The van der Waals surface area contributed by atoms with E-state index in [1.807, 2.05) is 78.9 Å². The van der Waals surface area contributed by atoms with Gasteiger partial charge in [0.05, 0.1) is 24.9 Å². The fourth-order valence-corrected chi connectivity index (χ4v) is 5.17. The number of aromatic nitrogens is 3. The Hall–Kier alpha value is -5.38. The normalized spacial score (nSPS) is 12.9. The van der Waals surface area contributed by atoms with Crippen LogP contribution in [0, 0.1) is 0 Å². The van der Waals surface area contributed by atoms with Crippen molar-refractivity contribution in [2.75, 3.05) is 18.5 Å². The molecule has 0 spiro atoms. The number of nitrogens with zero attached hydrogens (tertiary/aromatic N) is 3. The first-order chi connectivity index (χ1) is 22.1. The Morgan fingerprint density at radius 3 is 2.44 bits per heavy atom. The molecule has 2 aromatic heterocycles. The molecule has 230 valence electrons. The van der Waals surface area contributed by atoms with Gasteiger partial charge in [0.15, 0.2) is 0 Å². The number of fused-ring (bicyclic) bond motifs is 2. The minimum absolute atomic E-state index is 0.0514. The van der Waals surface area contributed by atoms with Gasteiger partial charge in [0.2, 0.25) is 0 Å². The molecule has 0 fully saturated rings. The predicted octanol–water partition coefficient (Wildman–Crippen LogP) is 5.45. The summed E-state index contributed by atoms with van der Waals surface area (Å²) in [4.78, 5) is 30.7. The molecular formula is C35H35N5O5. The lowest BCUT2D eigenvalue weighted by molar-refractivity contribution is -0.147. The first kappa shape index (κ1) is 29.7. The van der Waals surface area contributed by atoms with E-state index >= 15 is 0 Å². The number of hydrogen-bond acceptors (Lipinski definition) is 8. The van der Waals surface area contributed by atoms with Crippen molar-refractivity contribution in [1.82, 2.24) is 20.1 Å². The summed E-state index contributed by atoms with van der Waals surface area (Å²) in [6.07, 6.45) is 3.86. The maximum atomic E-state index is 13.2. The van der Waals surface area contributed by atoms with Gasteiger partial charge in [-0.15, -0.1) is 0 Å². The van der Waals surface area contributed by atoms with Crippen LogP contribution < -0.4 is 15.4 Å². The van der Waals surface area contributed by atoms with Crippen molar-refractivity contribution in [1.29, 1.82) is 0 Å². The van der Waals surface area contributed by atoms with Gasteiger partial charge in [-0.05, 0) is 53.8 Å². The third-order valence-electron chi connectivity index (χ3n) is 7.56. The number of esters is 1. The van der Waals surface area contributed by atoms with Crippen LogP contribution in [0.15, 0.2) is 97.2 Å². The molecule has 45 heavy (non-hydrogen) atoms. The molecule has 1 atom stereocenters. The van der Waals surface area contributed by atoms with E-state index in [9.17, 15) is 9.59 Å². The number of pyridine rings is 1. The van der Waals surface area contributed by atoms with Crippen LogP contribution in [-0.4, -0.2) is 46.0 Å². The van der Waals surface area contributed by atoms with E-state index in [1.165, 1.54) is 5.56 Å². The molecule has 10 heteroatoms. The summed E-state index contributed by atoms with van der Waals surface area (Å²) in [6, 6.07) is 27.5. The topological polar surface area (TPSA) is 117 Å². The molecule has 3 aromatic carbocycles. The quantitative estimate of drug-likeness (QED) is 0.181. The van der Waals surface area contributed by atoms with E-state index in [1.54, 1.807) is 10.9 Å². The second kappa shape index (κ2) is 14.4. The molecule has 0 saturated heterocycles. The maximum absolute atomic E-state index is 13.2. The third-order valence-corrected chi connectivity index (χ3v) is 7.56. The van der Waals surface area contributed by atoms with Crippen LogP contribution in [0.25, 0.3) is 10.9 Å². The fourth-order valence-electron chi connectivity index (χ4n) is 5.17. The Morgan fingerprint density at radius 2 is 1.67 bits per heavy atom. The molecule has 2 N–H and O–H groups in total. The van der Waals surface area contributed by atoms with Gasteiger partial charge in [-0.25, -0.2) is 14.6 Å². The second-order valence-corrected chi connectivity index (χ2v) is 10.8. The highest BCUT2D eigenvalue weighted by atomic mass is 16.6. The van der Waals surface area contributed by atoms with Gasteiger partial charge in [-0.2, -0.15) is 5.10 Å². The average molecular weight is 606 g/mol. The van der Waals surface area contributed by atoms with Crippen molar-refractivity contribution in [3.8, 4) is 5.75 Å². The molecule has 1 aliphatic rings. The summed E-state index contributed by atoms with van der Waals surface area (Å²) in [6.45, 7) is 1.64. The van der Waals surface area contributed by atoms with E-state index in [0.29, 0.717) is 18.8 Å². The zero-order chi connectivity index (χ0) is 30.8. The number of rotatable bonds is 12. The summed E-state index contributed by atoms with van der Waals surface area (Å²) in [5.41, 5.74) is 4.71. The minimum atomic E-state index is -1.03. The predicted molar refractivity (Wildman–Crippen MR) is 170 cm³/mol. The molecule has 1 amide bonds. The highest BCUT2D eigenvalue weighted by molar-refractivity contribution is 5.83. The van der Waals surface area contributed by atoms with Crippen LogP contribution in [0.2, 0.25) is 0 Å². The zero-order valence-electron chi connectivity index (χ0n) is 24.9.